The lowest BCUT2D eigenvalue weighted by Crippen LogP contribution is -1.96. The Morgan fingerprint density at radius 3 is 2.60 bits per heavy atom. The van der Waals surface area contributed by atoms with Crippen LogP contribution in [0.4, 0.5) is 0 Å². The summed E-state index contributed by atoms with van der Waals surface area (Å²) in [7, 11) is 0. The van der Waals surface area contributed by atoms with E-state index in [1.54, 1.807) is 12.4 Å². The zero-order valence-electron chi connectivity index (χ0n) is 5.78. The number of rotatable bonds is 1. The van der Waals surface area contributed by atoms with E-state index in [-0.39, 0.29) is 0 Å². The summed E-state index contributed by atoms with van der Waals surface area (Å²) in [5.41, 5.74) is 7.15. The topological polar surface area (TPSA) is 51.8 Å². The summed E-state index contributed by atoms with van der Waals surface area (Å²) in [6.45, 7) is 1.88. The highest BCUT2D eigenvalue weighted by atomic mass is 14.8. The monoisotopic (exact) mass is 135 g/mol. The molecule has 0 saturated heterocycles. The highest BCUT2D eigenvalue weighted by Gasteiger charge is 1.91. The molecule has 0 aromatic carbocycles. The van der Waals surface area contributed by atoms with Crippen molar-refractivity contribution in [2.24, 2.45) is 5.73 Å². The minimum atomic E-state index is 0.709. The van der Waals surface area contributed by atoms with Crippen LogP contribution in [-0.4, -0.2) is 9.97 Å². The Morgan fingerprint density at radius 1 is 1.50 bits per heavy atom. The van der Waals surface area contributed by atoms with Crippen molar-refractivity contribution in [2.45, 2.75) is 6.92 Å². The van der Waals surface area contributed by atoms with Crippen LogP contribution in [0.25, 0.3) is 5.70 Å². The Hall–Kier alpha value is -1.38. The molecule has 1 aromatic rings. The summed E-state index contributed by atoms with van der Waals surface area (Å²) >= 11 is 0. The summed E-state index contributed by atoms with van der Waals surface area (Å²) in [5, 5.41) is 0. The summed E-state index contributed by atoms with van der Waals surface area (Å²) in [5.74, 6) is 0. The number of nitrogens with two attached hydrogens (primary N) is 1. The quantitative estimate of drug-likeness (QED) is 0.619. The second-order valence-electron chi connectivity index (χ2n) is 1.87. The Kier molecular flexibility index (Phi) is 1.99. The molecule has 3 nitrogen and oxygen atoms in total. The highest BCUT2D eigenvalue weighted by molar-refractivity contribution is 5.60. The minimum absolute atomic E-state index is 0.709. The SMILES string of the molecule is C/C=C(/N)c1cncnc1. The second kappa shape index (κ2) is 2.96. The number of hydrogen-bond donors (Lipinski definition) is 1. The van der Waals surface area contributed by atoms with Crippen LogP contribution in [0.1, 0.15) is 12.5 Å². The van der Waals surface area contributed by atoms with Crippen LogP contribution in [0.2, 0.25) is 0 Å². The fourth-order valence-corrected chi connectivity index (χ4v) is 0.615. The summed E-state index contributed by atoms with van der Waals surface area (Å²) in [6.07, 6.45) is 6.66. The summed E-state index contributed by atoms with van der Waals surface area (Å²) in [4.78, 5) is 7.64. The molecule has 3 heteroatoms. The lowest BCUT2D eigenvalue weighted by atomic mass is 10.2. The van der Waals surface area contributed by atoms with Crippen molar-refractivity contribution in [3.05, 3.63) is 30.4 Å². The molecular weight excluding hydrogens is 126 g/mol. The first-order valence-corrected chi connectivity index (χ1v) is 3.01. The van der Waals surface area contributed by atoms with Crippen molar-refractivity contribution in [3.8, 4) is 0 Å². The molecule has 52 valence electrons. The molecule has 1 heterocycles. The van der Waals surface area contributed by atoms with E-state index in [0.29, 0.717) is 5.70 Å². The van der Waals surface area contributed by atoms with Gasteiger partial charge in [-0.2, -0.15) is 0 Å². The zero-order valence-corrected chi connectivity index (χ0v) is 5.78. The normalized spacial score (nSPS) is 11.5. The standard InChI is InChI=1S/C7H9N3/c1-2-7(8)6-3-9-5-10-4-6/h2-5H,8H2,1H3/b7-2+. The molecule has 10 heavy (non-hydrogen) atoms. The second-order valence-corrected chi connectivity index (χ2v) is 1.87. The van der Waals surface area contributed by atoms with Crippen molar-refractivity contribution < 1.29 is 0 Å². The molecule has 1 rings (SSSR count). The smallest absolute Gasteiger partial charge is 0.115 e. The fraction of sp³-hybridized carbons (Fsp3) is 0.143. The summed E-state index contributed by atoms with van der Waals surface area (Å²) < 4.78 is 0. The zero-order chi connectivity index (χ0) is 7.40. The van der Waals surface area contributed by atoms with E-state index in [1.807, 2.05) is 13.0 Å². The predicted octanol–water partition coefficient (Wildman–Crippen LogP) is 0.796. The molecule has 0 spiro atoms. The highest BCUT2D eigenvalue weighted by Crippen LogP contribution is 2.02. The Balaban J connectivity index is 2.96. The molecular formula is C7H9N3. The molecule has 0 aliphatic carbocycles. The van der Waals surface area contributed by atoms with E-state index in [0.717, 1.165) is 5.56 Å². The van der Waals surface area contributed by atoms with Crippen molar-refractivity contribution in [1.29, 1.82) is 0 Å². The third kappa shape index (κ3) is 1.31. The molecule has 0 fully saturated rings. The third-order valence-corrected chi connectivity index (χ3v) is 1.20. The van der Waals surface area contributed by atoms with Crippen LogP contribution in [-0.2, 0) is 0 Å². The van der Waals surface area contributed by atoms with Crippen LogP contribution < -0.4 is 5.73 Å². The van der Waals surface area contributed by atoms with Gasteiger partial charge in [0.25, 0.3) is 0 Å². The van der Waals surface area contributed by atoms with Crippen molar-refractivity contribution >= 4 is 5.70 Å². The minimum Gasteiger partial charge on any atom is -0.398 e. The van der Waals surface area contributed by atoms with Gasteiger partial charge in [0.15, 0.2) is 0 Å². The first-order valence-electron chi connectivity index (χ1n) is 3.01. The maximum atomic E-state index is 5.58. The van der Waals surface area contributed by atoms with E-state index >= 15 is 0 Å². The van der Waals surface area contributed by atoms with Gasteiger partial charge in [-0.25, -0.2) is 9.97 Å². The van der Waals surface area contributed by atoms with Gasteiger partial charge in [-0.1, -0.05) is 6.08 Å². The van der Waals surface area contributed by atoms with Crippen LogP contribution in [0.15, 0.2) is 24.8 Å². The van der Waals surface area contributed by atoms with Gasteiger partial charge in [-0.15, -0.1) is 0 Å². The number of aromatic nitrogens is 2. The number of hydrogen-bond acceptors (Lipinski definition) is 3. The van der Waals surface area contributed by atoms with Crippen molar-refractivity contribution in [2.75, 3.05) is 0 Å². The molecule has 0 bridgehead atoms. The van der Waals surface area contributed by atoms with E-state index < -0.39 is 0 Å². The molecule has 0 amide bonds. The molecule has 2 N–H and O–H groups in total. The molecule has 0 radical (unpaired) electrons. The lowest BCUT2D eigenvalue weighted by Gasteiger charge is -1.95. The van der Waals surface area contributed by atoms with E-state index in [1.165, 1.54) is 6.33 Å². The number of nitrogens with zero attached hydrogens (tertiary/aromatic N) is 2. The molecule has 0 saturated carbocycles. The van der Waals surface area contributed by atoms with Gasteiger partial charge in [-0.3, -0.25) is 0 Å². The van der Waals surface area contributed by atoms with Gasteiger partial charge in [0.2, 0.25) is 0 Å². The van der Waals surface area contributed by atoms with Crippen molar-refractivity contribution in [1.82, 2.24) is 9.97 Å². The molecule has 0 unspecified atom stereocenters. The average Bonchev–Trinajstić information content (AvgIpc) is 2.05. The van der Waals surface area contributed by atoms with Crippen LogP contribution in [0.3, 0.4) is 0 Å². The molecule has 0 aliphatic heterocycles. The van der Waals surface area contributed by atoms with Crippen LogP contribution >= 0.6 is 0 Å². The van der Waals surface area contributed by atoms with Crippen LogP contribution in [0, 0.1) is 0 Å². The van der Waals surface area contributed by atoms with Gasteiger partial charge in [0.05, 0.1) is 0 Å². The van der Waals surface area contributed by atoms with Gasteiger partial charge < -0.3 is 5.73 Å². The Bertz CT molecular complexity index is 228. The van der Waals surface area contributed by atoms with Crippen LogP contribution in [0.5, 0.6) is 0 Å². The number of allylic oxidation sites excluding steroid dienone is 1. The maximum Gasteiger partial charge on any atom is 0.115 e. The van der Waals surface area contributed by atoms with Gasteiger partial charge in [0.1, 0.15) is 6.33 Å². The third-order valence-electron chi connectivity index (χ3n) is 1.20. The first kappa shape index (κ1) is 6.74. The maximum absolute atomic E-state index is 5.58. The Labute approximate surface area is 59.6 Å². The molecule has 0 atom stereocenters. The van der Waals surface area contributed by atoms with E-state index in [9.17, 15) is 0 Å². The molecule has 0 aliphatic rings. The predicted molar refractivity (Wildman–Crippen MR) is 39.9 cm³/mol. The van der Waals surface area contributed by atoms with E-state index in [2.05, 4.69) is 9.97 Å². The molecule has 1 aromatic heterocycles. The van der Waals surface area contributed by atoms with Gasteiger partial charge in [-0.05, 0) is 6.92 Å². The largest absolute Gasteiger partial charge is 0.398 e. The fourth-order valence-electron chi connectivity index (χ4n) is 0.615. The van der Waals surface area contributed by atoms with Gasteiger partial charge >= 0.3 is 0 Å². The lowest BCUT2D eigenvalue weighted by molar-refractivity contribution is 1.15. The summed E-state index contributed by atoms with van der Waals surface area (Å²) in [6, 6.07) is 0. The Morgan fingerprint density at radius 2 is 2.10 bits per heavy atom. The average molecular weight is 135 g/mol. The van der Waals surface area contributed by atoms with E-state index in [4.69, 9.17) is 5.73 Å². The first-order chi connectivity index (χ1) is 4.84. The van der Waals surface area contributed by atoms with Crippen molar-refractivity contribution in [3.63, 3.8) is 0 Å². The van der Waals surface area contributed by atoms with Gasteiger partial charge in [0, 0.05) is 23.7 Å².